The van der Waals surface area contributed by atoms with E-state index in [1.807, 2.05) is 36.4 Å². The number of nitrogens with one attached hydrogen (secondary N) is 1. The molecule has 0 amide bonds. The zero-order valence-electron chi connectivity index (χ0n) is 22.7. The molecule has 0 aliphatic carbocycles. The van der Waals surface area contributed by atoms with E-state index in [2.05, 4.69) is 36.6 Å². The fraction of sp³-hybridized carbons (Fsp3) is 0.0645. The van der Waals surface area contributed by atoms with Crippen molar-refractivity contribution in [1.29, 1.82) is 0 Å². The van der Waals surface area contributed by atoms with Crippen molar-refractivity contribution in [2.24, 2.45) is 0 Å². The Morgan fingerprint density at radius 3 is 2.59 bits per heavy atom. The molecule has 6 rings (SSSR count). The van der Waals surface area contributed by atoms with E-state index in [-0.39, 0.29) is 23.6 Å². The summed E-state index contributed by atoms with van der Waals surface area (Å²) in [7, 11) is 0. The van der Waals surface area contributed by atoms with Crippen molar-refractivity contribution in [2.75, 3.05) is 5.32 Å². The van der Waals surface area contributed by atoms with Gasteiger partial charge in [0.05, 0.1) is 46.6 Å². The molecule has 0 aliphatic rings. The number of carbonyl (C=O) groups excluding carboxylic acids is 2. The molecule has 0 saturated carbocycles. The first-order chi connectivity index (χ1) is 21.5. The van der Waals surface area contributed by atoms with Gasteiger partial charge in [0.25, 0.3) is 11.5 Å². The molecule has 0 saturated heterocycles. The lowest BCUT2D eigenvalue weighted by atomic mass is 10.1. The minimum Gasteiger partial charge on any atom is -0.365 e. The van der Waals surface area contributed by atoms with E-state index in [0.29, 0.717) is 27.8 Å². The third-order valence-electron chi connectivity index (χ3n) is 6.35. The number of carbonyl (C=O) groups is 2. The second-order valence-corrected chi connectivity index (χ2v) is 11.7. The van der Waals surface area contributed by atoms with Gasteiger partial charge in [0, 0.05) is 40.3 Å². The minimum atomic E-state index is -0.451. The van der Waals surface area contributed by atoms with E-state index in [1.165, 1.54) is 51.4 Å². The molecular formula is C31H20ClN7O3S2. The van der Waals surface area contributed by atoms with Crippen LogP contribution in [0.2, 0.25) is 4.34 Å². The van der Waals surface area contributed by atoms with Crippen molar-refractivity contribution in [1.82, 2.24) is 28.7 Å². The average molecular weight is 638 g/mol. The Kier molecular flexibility index (Phi) is 8.51. The van der Waals surface area contributed by atoms with Gasteiger partial charge in [-0.15, -0.1) is 11.3 Å². The molecule has 0 atom stereocenters. The number of benzene rings is 1. The number of aromatic nitrogens is 6. The summed E-state index contributed by atoms with van der Waals surface area (Å²) >= 11 is 8.67. The van der Waals surface area contributed by atoms with Crippen LogP contribution in [0.4, 0.5) is 5.82 Å². The molecule has 0 aliphatic heterocycles. The van der Waals surface area contributed by atoms with Crippen LogP contribution in [-0.4, -0.2) is 40.4 Å². The topological polar surface area (TPSA) is 125 Å². The molecule has 1 N–H and O–H groups in total. The highest BCUT2D eigenvalue weighted by atomic mass is 35.5. The predicted octanol–water partition coefficient (Wildman–Crippen LogP) is 5.26. The third kappa shape index (κ3) is 6.40. The Balaban J connectivity index is 1.49. The zero-order valence-corrected chi connectivity index (χ0v) is 25.1. The maximum Gasteiger partial charge on any atom is 0.282 e. The summed E-state index contributed by atoms with van der Waals surface area (Å²) in [5.41, 5.74) is 1.73. The maximum absolute atomic E-state index is 13.5. The molecule has 44 heavy (non-hydrogen) atoms. The number of ketones is 1. The number of pyridine rings is 1. The molecule has 0 bridgehead atoms. The van der Waals surface area contributed by atoms with Gasteiger partial charge in [-0.05, 0) is 41.9 Å². The van der Waals surface area contributed by atoms with E-state index in [4.69, 9.17) is 11.6 Å². The van der Waals surface area contributed by atoms with E-state index in [9.17, 15) is 14.4 Å². The van der Waals surface area contributed by atoms with Gasteiger partial charge in [-0.3, -0.25) is 23.9 Å². The smallest absolute Gasteiger partial charge is 0.282 e. The second kappa shape index (κ2) is 13.0. The first-order valence-electron chi connectivity index (χ1n) is 13.1. The van der Waals surface area contributed by atoms with Gasteiger partial charge < -0.3 is 5.32 Å². The van der Waals surface area contributed by atoms with Gasteiger partial charge in [-0.2, -0.15) is 9.78 Å². The van der Waals surface area contributed by atoms with Crippen LogP contribution in [0.15, 0.2) is 95.6 Å². The van der Waals surface area contributed by atoms with Gasteiger partial charge in [0.2, 0.25) is 5.78 Å². The lowest BCUT2D eigenvalue weighted by Crippen LogP contribution is -2.26. The summed E-state index contributed by atoms with van der Waals surface area (Å²) in [6, 6.07) is 17.6. The lowest BCUT2D eigenvalue weighted by molar-refractivity contribution is 0.0944. The summed E-state index contributed by atoms with van der Waals surface area (Å²) in [4.78, 5) is 49.1. The molecule has 0 fully saturated rings. The SMILES string of the molecule is O=C(Cn1c(-c2cc(NCc3ccc(Cl)s3)n(C(=O)c3cnsc3)n2)c(C#Cc2ccccc2)ccc1=O)c1cnccn1. The molecular weight excluding hydrogens is 618 g/mol. The highest BCUT2D eigenvalue weighted by Gasteiger charge is 2.23. The first-order valence-corrected chi connectivity index (χ1v) is 15.1. The number of Topliss-reactive ketones (excluding diaryl/α,β-unsaturated/α-hetero) is 1. The normalized spacial score (nSPS) is 10.7. The van der Waals surface area contributed by atoms with Crippen LogP contribution in [0.5, 0.6) is 0 Å². The van der Waals surface area contributed by atoms with Crippen molar-refractivity contribution in [2.45, 2.75) is 13.1 Å². The fourth-order valence-electron chi connectivity index (χ4n) is 4.28. The number of rotatable bonds is 8. The Labute approximate surface area is 263 Å². The summed E-state index contributed by atoms with van der Waals surface area (Å²) in [6.07, 6.45) is 5.67. The Morgan fingerprint density at radius 1 is 1.00 bits per heavy atom. The Hall–Kier alpha value is -5.22. The van der Waals surface area contributed by atoms with E-state index in [1.54, 1.807) is 23.6 Å². The van der Waals surface area contributed by atoms with E-state index in [0.717, 1.165) is 22.0 Å². The Bertz CT molecular complexity index is 2080. The number of halogens is 1. The first kappa shape index (κ1) is 28.9. The highest BCUT2D eigenvalue weighted by molar-refractivity contribution is 7.16. The molecule has 10 nitrogen and oxygen atoms in total. The molecule has 216 valence electrons. The van der Waals surface area contributed by atoms with Crippen molar-refractivity contribution in [3.05, 3.63) is 133 Å². The van der Waals surface area contributed by atoms with Crippen molar-refractivity contribution >= 4 is 52.0 Å². The Morgan fingerprint density at radius 2 is 1.86 bits per heavy atom. The number of thiophene rings is 1. The van der Waals surface area contributed by atoms with Gasteiger partial charge >= 0.3 is 0 Å². The van der Waals surface area contributed by atoms with Crippen molar-refractivity contribution in [3.63, 3.8) is 0 Å². The summed E-state index contributed by atoms with van der Waals surface area (Å²) in [5, 5.41) is 9.53. The second-order valence-electron chi connectivity index (χ2n) is 9.25. The lowest BCUT2D eigenvalue weighted by Gasteiger charge is -2.12. The van der Waals surface area contributed by atoms with E-state index < -0.39 is 17.2 Å². The predicted molar refractivity (Wildman–Crippen MR) is 169 cm³/mol. The zero-order chi connectivity index (χ0) is 30.5. The largest absolute Gasteiger partial charge is 0.365 e. The van der Waals surface area contributed by atoms with Crippen LogP contribution < -0.4 is 10.9 Å². The molecule has 5 heterocycles. The number of hydrogen-bond acceptors (Lipinski definition) is 10. The van der Waals surface area contributed by atoms with Gasteiger partial charge in [0.15, 0.2) is 0 Å². The van der Waals surface area contributed by atoms with Crippen LogP contribution in [0, 0.1) is 11.8 Å². The van der Waals surface area contributed by atoms with Crippen molar-refractivity contribution < 1.29 is 9.59 Å². The number of hydrogen-bond donors (Lipinski definition) is 1. The van der Waals surface area contributed by atoms with Crippen LogP contribution in [0.3, 0.4) is 0 Å². The fourth-order valence-corrected chi connectivity index (χ4v) is 5.81. The summed E-state index contributed by atoms with van der Waals surface area (Å²) < 4.78 is 7.19. The monoisotopic (exact) mass is 637 g/mol. The van der Waals surface area contributed by atoms with Crippen LogP contribution in [0.25, 0.3) is 11.4 Å². The van der Waals surface area contributed by atoms with Gasteiger partial charge in [-0.1, -0.05) is 41.6 Å². The number of anilines is 1. The molecule has 1 aromatic carbocycles. The molecule has 0 radical (unpaired) electrons. The minimum absolute atomic E-state index is 0.105. The van der Waals surface area contributed by atoms with Gasteiger partial charge in [-0.25, -0.2) is 9.36 Å². The highest BCUT2D eigenvalue weighted by Crippen LogP contribution is 2.27. The standard InChI is InChI=1S/C31H20ClN7O3S2/c32-27-10-9-23(44-27)16-35-28-14-24(37-39(28)31(42)22-15-36-43-19-22)30-21(7-6-20-4-2-1-3-5-20)8-11-29(41)38(30)18-26(40)25-17-33-12-13-34-25/h1-5,8-15,17,19,35H,16,18H2. The average Bonchev–Trinajstić information content (AvgIpc) is 3.83. The number of nitrogens with zero attached hydrogens (tertiary/aromatic N) is 6. The van der Waals surface area contributed by atoms with E-state index >= 15 is 0 Å². The molecule has 6 aromatic rings. The third-order valence-corrected chi connectivity index (χ3v) is 8.16. The molecule has 0 spiro atoms. The van der Waals surface area contributed by atoms with Crippen molar-refractivity contribution in [3.8, 4) is 23.2 Å². The maximum atomic E-state index is 13.5. The molecule has 0 unspecified atom stereocenters. The summed E-state index contributed by atoms with van der Waals surface area (Å²) in [6.45, 7) is 0.0184. The van der Waals surface area contributed by atoms with Gasteiger partial charge in [0.1, 0.15) is 17.2 Å². The molecule has 13 heteroatoms. The molecule has 5 aromatic heterocycles. The van der Waals surface area contributed by atoms with Crippen LogP contribution in [0.1, 0.15) is 36.9 Å². The van der Waals surface area contributed by atoms with Crippen LogP contribution in [-0.2, 0) is 13.1 Å². The van der Waals surface area contributed by atoms with Crippen LogP contribution >= 0.6 is 34.5 Å². The quantitative estimate of drug-likeness (QED) is 0.177. The summed E-state index contributed by atoms with van der Waals surface area (Å²) in [5.74, 6) is 5.76.